The van der Waals surface area contributed by atoms with Crippen molar-refractivity contribution in [1.29, 1.82) is 0 Å². The number of H-pyrrole nitrogens is 1. The maximum Gasteiger partial charge on any atom is 0.201 e. The molecule has 23 heavy (non-hydrogen) atoms. The normalized spacial score (nSPS) is 11.9. The molecule has 1 aromatic heterocycles. The molecule has 4 N–H and O–H groups in total. The van der Waals surface area contributed by atoms with E-state index in [1.165, 1.54) is 5.56 Å². The lowest BCUT2D eigenvalue weighted by Gasteiger charge is -2.14. The molecule has 1 heterocycles. The van der Waals surface area contributed by atoms with Crippen molar-refractivity contribution >= 4 is 23.3 Å². The lowest BCUT2D eigenvalue weighted by Crippen LogP contribution is -2.18. The van der Waals surface area contributed by atoms with Gasteiger partial charge in [-0.3, -0.25) is 0 Å². The first-order chi connectivity index (χ1) is 10.7. The molecular weight excluding hydrogens is 312 g/mol. The summed E-state index contributed by atoms with van der Waals surface area (Å²) in [5.41, 5.74) is 8.85. The summed E-state index contributed by atoms with van der Waals surface area (Å²) in [6, 6.07) is 15.8. The number of aliphatic hydroxyl groups is 1. The fourth-order valence-corrected chi connectivity index (χ4v) is 2.58. The van der Waals surface area contributed by atoms with Crippen LogP contribution in [0.3, 0.4) is 0 Å². The lowest BCUT2D eigenvalue weighted by molar-refractivity contribution is -0.0157. The highest BCUT2D eigenvalue weighted by Gasteiger charge is 2.08. The Morgan fingerprint density at radius 3 is 2.74 bits per heavy atom. The minimum absolute atomic E-state index is 0. The summed E-state index contributed by atoms with van der Waals surface area (Å²) in [4.78, 5) is 3.13. The summed E-state index contributed by atoms with van der Waals surface area (Å²) in [6.45, 7) is 0.624. The average Bonchev–Trinajstić information content (AvgIpc) is 2.95. The Morgan fingerprint density at radius 2 is 1.91 bits per heavy atom. The fourth-order valence-electron chi connectivity index (χ4n) is 2.58. The molecule has 0 saturated heterocycles. The van der Waals surface area contributed by atoms with Crippen LogP contribution in [-0.2, 0) is 12.8 Å². The molecule has 5 heteroatoms. The highest BCUT2D eigenvalue weighted by molar-refractivity contribution is 5.85. The van der Waals surface area contributed by atoms with Crippen LogP contribution in [0.5, 0.6) is 5.75 Å². The summed E-state index contributed by atoms with van der Waals surface area (Å²) in [6.07, 6.45) is 2.30. The van der Waals surface area contributed by atoms with E-state index in [1.807, 2.05) is 48.7 Å². The van der Waals surface area contributed by atoms with Crippen LogP contribution in [0.25, 0.3) is 10.9 Å². The van der Waals surface area contributed by atoms with Crippen LogP contribution in [0.1, 0.15) is 11.1 Å². The SMILES string of the molecule is Cl.NCCc1cccc(CC(O)Oc2ccc3[nH]ccc3c2)c1. The first-order valence-electron chi connectivity index (χ1n) is 7.44. The topological polar surface area (TPSA) is 71.3 Å². The van der Waals surface area contributed by atoms with Crippen LogP contribution in [-0.4, -0.2) is 22.9 Å². The number of benzene rings is 2. The fraction of sp³-hybridized carbons (Fsp3) is 0.222. The summed E-state index contributed by atoms with van der Waals surface area (Å²) in [7, 11) is 0. The maximum atomic E-state index is 10.1. The zero-order chi connectivity index (χ0) is 15.4. The largest absolute Gasteiger partial charge is 0.465 e. The monoisotopic (exact) mass is 332 g/mol. The van der Waals surface area contributed by atoms with E-state index in [4.69, 9.17) is 10.5 Å². The van der Waals surface area contributed by atoms with Gasteiger partial charge in [0.05, 0.1) is 0 Å². The van der Waals surface area contributed by atoms with Gasteiger partial charge in [-0.15, -0.1) is 12.4 Å². The third kappa shape index (κ3) is 4.48. The van der Waals surface area contributed by atoms with Crippen molar-refractivity contribution in [3.05, 3.63) is 65.9 Å². The molecular formula is C18H21ClN2O2. The predicted molar refractivity (Wildman–Crippen MR) is 95.1 cm³/mol. The molecule has 2 aromatic carbocycles. The second-order valence-electron chi connectivity index (χ2n) is 5.36. The van der Waals surface area contributed by atoms with Crippen molar-refractivity contribution in [2.24, 2.45) is 5.73 Å². The quantitative estimate of drug-likeness (QED) is 0.608. The number of nitrogens with two attached hydrogens (primary N) is 1. The molecule has 0 saturated carbocycles. The van der Waals surface area contributed by atoms with Gasteiger partial charge in [0.2, 0.25) is 6.29 Å². The van der Waals surface area contributed by atoms with E-state index in [0.29, 0.717) is 18.7 Å². The first-order valence-corrected chi connectivity index (χ1v) is 7.44. The van der Waals surface area contributed by atoms with Gasteiger partial charge in [-0.25, -0.2) is 0 Å². The molecule has 0 amide bonds. The molecule has 0 aliphatic heterocycles. The van der Waals surface area contributed by atoms with E-state index >= 15 is 0 Å². The summed E-state index contributed by atoms with van der Waals surface area (Å²) in [5, 5.41) is 11.2. The molecule has 0 aliphatic rings. The van der Waals surface area contributed by atoms with Gasteiger partial charge in [-0.1, -0.05) is 24.3 Å². The molecule has 0 spiro atoms. The van der Waals surface area contributed by atoms with Gasteiger partial charge in [0.1, 0.15) is 5.75 Å². The van der Waals surface area contributed by atoms with Crippen LogP contribution >= 0.6 is 12.4 Å². The molecule has 3 aromatic rings. The standard InChI is InChI=1S/C18H20N2O2.ClH/c19-8-6-13-2-1-3-14(10-13)11-18(21)22-16-4-5-17-15(12-16)7-9-20-17;/h1-5,7,9-10,12,18,20-21H,6,8,11,19H2;1H. The maximum absolute atomic E-state index is 10.1. The molecule has 0 bridgehead atoms. The van der Waals surface area contributed by atoms with Crippen LogP contribution in [0.15, 0.2) is 54.7 Å². The minimum atomic E-state index is -0.871. The molecule has 0 aliphatic carbocycles. The van der Waals surface area contributed by atoms with Crippen molar-refractivity contribution < 1.29 is 9.84 Å². The van der Waals surface area contributed by atoms with Gasteiger partial charge in [0, 0.05) is 23.5 Å². The van der Waals surface area contributed by atoms with Crippen molar-refractivity contribution in [2.75, 3.05) is 6.54 Å². The lowest BCUT2D eigenvalue weighted by atomic mass is 10.1. The van der Waals surface area contributed by atoms with Gasteiger partial charge < -0.3 is 20.6 Å². The number of halogens is 1. The molecule has 0 fully saturated rings. The van der Waals surface area contributed by atoms with Gasteiger partial charge in [-0.2, -0.15) is 0 Å². The molecule has 1 unspecified atom stereocenters. The Kier molecular flexibility index (Phi) is 6.04. The number of ether oxygens (including phenoxy) is 1. The molecule has 122 valence electrons. The average molecular weight is 333 g/mol. The highest BCUT2D eigenvalue weighted by Crippen LogP contribution is 2.21. The van der Waals surface area contributed by atoms with E-state index in [9.17, 15) is 5.11 Å². The summed E-state index contributed by atoms with van der Waals surface area (Å²) >= 11 is 0. The Bertz CT molecular complexity index is 757. The van der Waals surface area contributed by atoms with Crippen LogP contribution < -0.4 is 10.5 Å². The van der Waals surface area contributed by atoms with Gasteiger partial charge in [0.15, 0.2) is 0 Å². The van der Waals surface area contributed by atoms with Crippen LogP contribution in [0.4, 0.5) is 0 Å². The van der Waals surface area contributed by atoms with Gasteiger partial charge in [0.25, 0.3) is 0 Å². The molecule has 3 rings (SSSR count). The summed E-state index contributed by atoms with van der Waals surface area (Å²) in [5.74, 6) is 0.665. The van der Waals surface area contributed by atoms with Gasteiger partial charge >= 0.3 is 0 Å². The third-order valence-corrected chi connectivity index (χ3v) is 3.63. The number of hydrogen-bond acceptors (Lipinski definition) is 3. The van der Waals surface area contributed by atoms with Crippen LogP contribution in [0.2, 0.25) is 0 Å². The molecule has 1 atom stereocenters. The van der Waals surface area contributed by atoms with Crippen molar-refractivity contribution in [2.45, 2.75) is 19.1 Å². The molecule has 0 radical (unpaired) electrons. The second kappa shape index (κ2) is 8.02. The van der Waals surface area contributed by atoms with Crippen molar-refractivity contribution in [3.8, 4) is 5.75 Å². The number of aromatic amines is 1. The number of nitrogens with one attached hydrogen (secondary N) is 1. The Hall–Kier alpha value is -2.01. The second-order valence-corrected chi connectivity index (χ2v) is 5.36. The zero-order valence-corrected chi connectivity index (χ0v) is 13.6. The summed E-state index contributed by atoms with van der Waals surface area (Å²) < 4.78 is 5.61. The van der Waals surface area contributed by atoms with E-state index in [1.54, 1.807) is 0 Å². The zero-order valence-electron chi connectivity index (χ0n) is 12.7. The number of aliphatic hydroxyl groups excluding tert-OH is 1. The van der Waals surface area contributed by atoms with E-state index < -0.39 is 6.29 Å². The number of hydrogen-bond donors (Lipinski definition) is 3. The first kappa shape index (κ1) is 17.3. The Balaban J connectivity index is 0.00000192. The smallest absolute Gasteiger partial charge is 0.201 e. The van der Waals surface area contributed by atoms with Crippen LogP contribution in [0, 0.1) is 0 Å². The molecule has 4 nitrogen and oxygen atoms in total. The predicted octanol–water partition coefficient (Wildman–Crippen LogP) is 3.03. The van der Waals surface area contributed by atoms with Crippen molar-refractivity contribution in [3.63, 3.8) is 0 Å². The number of aromatic nitrogens is 1. The Morgan fingerprint density at radius 1 is 1.09 bits per heavy atom. The Labute approximate surface area is 141 Å². The minimum Gasteiger partial charge on any atom is -0.465 e. The van der Waals surface area contributed by atoms with Gasteiger partial charge in [-0.05, 0) is 48.4 Å². The number of rotatable bonds is 6. The number of fused-ring (bicyclic) bond motifs is 1. The highest BCUT2D eigenvalue weighted by atomic mass is 35.5. The van der Waals surface area contributed by atoms with E-state index in [-0.39, 0.29) is 12.4 Å². The third-order valence-electron chi connectivity index (χ3n) is 3.63. The van der Waals surface area contributed by atoms with Crippen molar-refractivity contribution in [1.82, 2.24) is 4.98 Å². The van der Waals surface area contributed by atoms with E-state index in [2.05, 4.69) is 11.1 Å². The van der Waals surface area contributed by atoms with E-state index in [0.717, 1.165) is 22.9 Å².